The van der Waals surface area contributed by atoms with Gasteiger partial charge in [-0.1, -0.05) is 30.0 Å². The van der Waals surface area contributed by atoms with Gasteiger partial charge in [0, 0.05) is 31.0 Å². The molecule has 0 saturated heterocycles. The highest BCUT2D eigenvalue weighted by Gasteiger charge is 2.26. The summed E-state index contributed by atoms with van der Waals surface area (Å²) < 4.78 is 5.22. The van der Waals surface area contributed by atoms with Crippen LogP contribution in [-0.2, 0) is 27.2 Å². The molecule has 1 aromatic heterocycles. The first-order valence-electron chi connectivity index (χ1n) is 11.2. The normalized spacial score (nSPS) is 13.9. The largest absolute Gasteiger partial charge is 0.444 e. The number of amides is 4. The number of thioether (sulfide) groups is 1. The molecular formula is C23H30N6O5S. The quantitative estimate of drug-likeness (QED) is 0.444. The Morgan fingerprint density at radius 2 is 1.97 bits per heavy atom. The Bertz CT molecular complexity index is 1050. The van der Waals surface area contributed by atoms with Crippen molar-refractivity contribution in [2.75, 3.05) is 17.2 Å². The summed E-state index contributed by atoms with van der Waals surface area (Å²) in [5.41, 5.74) is 5.78. The first-order valence-corrected chi connectivity index (χ1v) is 12.2. The standard InChI is InChI=1S/C23H30N6O5S/c1-23(2,3)34-21(32)26-16(13-18-24-10-11-25-18)20(31)27-28-22(33)35-14-19(30)29-12-6-8-15-7-4-5-9-17(15)29/h4-5,7,9-11,16H,6,8,12-14H2,1-3H3,(H,24,25)(H,26,32)(H,27,31)(H,28,33)/t16-/m0/s1. The van der Waals surface area contributed by atoms with Crippen LogP contribution in [0.15, 0.2) is 36.7 Å². The third kappa shape index (κ3) is 8.02. The maximum atomic E-state index is 12.7. The Labute approximate surface area is 207 Å². The number of hydrogen-bond donors (Lipinski definition) is 4. The van der Waals surface area contributed by atoms with E-state index in [2.05, 4.69) is 26.1 Å². The molecule has 0 aliphatic carbocycles. The van der Waals surface area contributed by atoms with E-state index in [4.69, 9.17) is 4.74 Å². The second-order valence-corrected chi connectivity index (χ2v) is 9.85. The van der Waals surface area contributed by atoms with Crippen LogP contribution >= 0.6 is 11.8 Å². The molecule has 0 unspecified atom stereocenters. The van der Waals surface area contributed by atoms with Crippen molar-refractivity contribution < 1.29 is 23.9 Å². The molecule has 35 heavy (non-hydrogen) atoms. The number of nitrogens with zero attached hydrogens (tertiary/aromatic N) is 2. The van der Waals surface area contributed by atoms with E-state index in [9.17, 15) is 19.2 Å². The van der Waals surface area contributed by atoms with Crippen molar-refractivity contribution in [1.29, 1.82) is 0 Å². The van der Waals surface area contributed by atoms with Crippen molar-refractivity contribution in [3.05, 3.63) is 48.0 Å². The molecule has 11 nitrogen and oxygen atoms in total. The lowest BCUT2D eigenvalue weighted by atomic mass is 10.0. The number of fused-ring (bicyclic) bond motifs is 1. The molecule has 0 bridgehead atoms. The summed E-state index contributed by atoms with van der Waals surface area (Å²) in [5, 5.41) is 1.88. The zero-order chi connectivity index (χ0) is 25.4. The van der Waals surface area contributed by atoms with Gasteiger partial charge in [-0.25, -0.2) is 9.78 Å². The van der Waals surface area contributed by atoms with Crippen LogP contribution in [0.2, 0.25) is 0 Å². The van der Waals surface area contributed by atoms with Crippen molar-refractivity contribution in [3.8, 4) is 0 Å². The minimum absolute atomic E-state index is 0.0495. The third-order valence-corrected chi connectivity index (χ3v) is 5.74. The fraction of sp³-hybridized carbons (Fsp3) is 0.435. The van der Waals surface area contributed by atoms with Gasteiger partial charge < -0.3 is 19.9 Å². The number of anilines is 1. The van der Waals surface area contributed by atoms with Crippen LogP contribution in [-0.4, -0.2) is 57.1 Å². The number of hydrazine groups is 1. The predicted octanol–water partition coefficient (Wildman–Crippen LogP) is 2.30. The number of rotatable bonds is 6. The molecule has 3 rings (SSSR count). The second kappa shape index (κ2) is 11.7. The van der Waals surface area contributed by atoms with Crippen LogP contribution in [0.1, 0.15) is 38.6 Å². The second-order valence-electron chi connectivity index (χ2n) is 8.91. The number of nitrogens with one attached hydrogen (secondary N) is 4. The minimum Gasteiger partial charge on any atom is -0.444 e. The van der Waals surface area contributed by atoms with Gasteiger partial charge in [-0.05, 0) is 45.2 Å². The average molecular weight is 503 g/mol. The van der Waals surface area contributed by atoms with E-state index in [0.717, 1.165) is 35.9 Å². The predicted molar refractivity (Wildman–Crippen MR) is 132 cm³/mol. The number of aromatic amines is 1. The van der Waals surface area contributed by atoms with Crippen LogP contribution in [0.3, 0.4) is 0 Å². The highest BCUT2D eigenvalue weighted by atomic mass is 32.2. The number of carbonyl (C=O) groups is 4. The van der Waals surface area contributed by atoms with Gasteiger partial charge >= 0.3 is 6.09 Å². The first-order chi connectivity index (χ1) is 16.6. The van der Waals surface area contributed by atoms with Crippen LogP contribution in [0.4, 0.5) is 15.3 Å². The van der Waals surface area contributed by atoms with E-state index in [1.807, 2.05) is 24.3 Å². The summed E-state index contributed by atoms with van der Waals surface area (Å²) in [7, 11) is 0. The summed E-state index contributed by atoms with van der Waals surface area (Å²) in [6.07, 6.45) is 4.15. The lowest BCUT2D eigenvalue weighted by Gasteiger charge is -2.29. The molecule has 2 heterocycles. The van der Waals surface area contributed by atoms with Crippen molar-refractivity contribution in [2.45, 2.75) is 51.7 Å². The summed E-state index contributed by atoms with van der Waals surface area (Å²) in [6.45, 7) is 5.71. The SMILES string of the molecule is CC(C)(C)OC(=O)N[C@@H](Cc1ncc[nH]1)C(=O)NNC(=O)SCC(=O)N1CCCc2ccccc21. The van der Waals surface area contributed by atoms with Gasteiger partial charge in [0.1, 0.15) is 17.5 Å². The minimum atomic E-state index is -1.06. The van der Waals surface area contributed by atoms with Gasteiger partial charge in [-0.3, -0.25) is 25.2 Å². The molecule has 4 N–H and O–H groups in total. The molecule has 0 fully saturated rings. The lowest BCUT2D eigenvalue weighted by Crippen LogP contribution is -2.53. The molecule has 1 atom stereocenters. The topological polar surface area (TPSA) is 146 Å². The van der Waals surface area contributed by atoms with Crippen molar-refractivity contribution in [2.24, 2.45) is 0 Å². The van der Waals surface area contributed by atoms with Crippen LogP contribution in [0, 0.1) is 0 Å². The van der Waals surface area contributed by atoms with Crippen LogP contribution < -0.4 is 21.1 Å². The summed E-state index contributed by atoms with van der Waals surface area (Å²) in [4.78, 5) is 58.4. The van der Waals surface area contributed by atoms with Crippen molar-refractivity contribution in [3.63, 3.8) is 0 Å². The highest BCUT2D eigenvalue weighted by Crippen LogP contribution is 2.27. The van der Waals surface area contributed by atoms with E-state index in [0.29, 0.717) is 12.4 Å². The van der Waals surface area contributed by atoms with Gasteiger partial charge in [-0.15, -0.1) is 0 Å². The zero-order valence-electron chi connectivity index (χ0n) is 19.9. The van der Waals surface area contributed by atoms with Gasteiger partial charge in [0.05, 0.1) is 5.75 Å². The molecule has 12 heteroatoms. The number of imidazole rings is 1. The van der Waals surface area contributed by atoms with E-state index in [1.165, 1.54) is 6.20 Å². The number of ether oxygens (including phenoxy) is 1. The Morgan fingerprint density at radius 3 is 2.69 bits per heavy atom. The van der Waals surface area contributed by atoms with Gasteiger partial charge in [0.2, 0.25) is 5.91 Å². The number of hydrogen-bond acceptors (Lipinski definition) is 7. The number of para-hydroxylation sites is 1. The summed E-state index contributed by atoms with van der Waals surface area (Å²) in [5.74, 6) is -0.472. The molecule has 2 aromatic rings. The summed E-state index contributed by atoms with van der Waals surface area (Å²) in [6, 6.07) is 6.65. The third-order valence-electron chi connectivity index (χ3n) is 4.99. The number of H-pyrrole nitrogens is 1. The van der Waals surface area contributed by atoms with E-state index in [1.54, 1.807) is 31.9 Å². The van der Waals surface area contributed by atoms with Gasteiger partial charge in [0.25, 0.3) is 11.1 Å². The smallest absolute Gasteiger partial charge is 0.408 e. The Hall–Kier alpha value is -3.54. The fourth-order valence-electron chi connectivity index (χ4n) is 3.50. The number of carbonyl (C=O) groups excluding carboxylic acids is 4. The number of aryl methyl sites for hydroxylation is 1. The zero-order valence-corrected chi connectivity index (χ0v) is 20.7. The number of benzene rings is 1. The van der Waals surface area contributed by atoms with Crippen LogP contribution in [0.5, 0.6) is 0 Å². The van der Waals surface area contributed by atoms with E-state index in [-0.39, 0.29) is 18.1 Å². The molecular weight excluding hydrogens is 472 g/mol. The first kappa shape index (κ1) is 26.1. The molecule has 1 aromatic carbocycles. The van der Waals surface area contributed by atoms with E-state index >= 15 is 0 Å². The van der Waals surface area contributed by atoms with Gasteiger partial charge in [-0.2, -0.15) is 0 Å². The van der Waals surface area contributed by atoms with Gasteiger partial charge in [0.15, 0.2) is 0 Å². The molecule has 1 aliphatic heterocycles. The Morgan fingerprint density at radius 1 is 1.20 bits per heavy atom. The van der Waals surface area contributed by atoms with Crippen molar-refractivity contribution >= 4 is 40.6 Å². The molecule has 0 saturated carbocycles. The summed E-state index contributed by atoms with van der Waals surface area (Å²) >= 11 is 0.747. The fourth-order valence-corrected chi connectivity index (χ4v) is 4.03. The lowest BCUT2D eigenvalue weighted by molar-refractivity contribution is -0.123. The average Bonchev–Trinajstić information content (AvgIpc) is 3.32. The Kier molecular flexibility index (Phi) is 8.74. The van der Waals surface area contributed by atoms with Crippen molar-refractivity contribution in [1.82, 2.24) is 26.1 Å². The maximum absolute atomic E-state index is 12.7. The molecule has 0 radical (unpaired) electrons. The highest BCUT2D eigenvalue weighted by molar-refractivity contribution is 8.14. The number of alkyl carbamates (subject to hydrolysis) is 1. The van der Waals surface area contributed by atoms with E-state index < -0.39 is 28.9 Å². The Balaban J connectivity index is 1.50. The van der Waals surface area contributed by atoms with Crippen LogP contribution in [0.25, 0.3) is 0 Å². The maximum Gasteiger partial charge on any atom is 0.408 e. The monoisotopic (exact) mass is 502 g/mol. The molecule has 188 valence electrons. The number of aromatic nitrogens is 2. The molecule has 0 spiro atoms. The molecule has 1 aliphatic rings. The molecule has 4 amide bonds.